The van der Waals surface area contributed by atoms with Crippen LogP contribution in [0, 0.1) is 21.4 Å². The topological polar surface area (TPSA) is 120 Å². The van der Waals surface area contributed by atoms with Gasteiger partial charge in [0, 0.05) is 9.95 Å². The molecule has 1 aliphatic rings. The van der Waals surface area contributed by atoms with Gasteiger partial charge in [0.1, 0.15) is 6.04 Å². The Balaban J connectivity index is 2.11. The van der Waals surface area contributed by atoms with Gasteiger partial charge in [0.25, 0.3) is 6.04 Å². The third-order valence-corrected chi connectivity index (χ3v) is 3.72. The maximum absolute atomic E-state index is 12.2. The third-order valence-electron chi connectivity index (χ3n) is 3.47. The van der Waals surface area contributed by atoms with Crippen LogP contribution in [-0.4, -0.2) is 29.0 Å². The zero-order valence-electron chi connectivity index (χ0n) is 11.6. The molecule has 1 aliphatic heterocycles. The number of rotatable bonds is 4. The summed E-state index contributed by atoms with van der Waals surface area (Å²) in [6, 6.07) is 4.83. The number of hydrogen-bond donors (Lipinski definition) is 3. The van der Waals surface area contributed by atoms with Crippen LogP contribution in [0.5, 0.6) is 0 Å². The highest BCUT2D eigenvalue weighted by atomic mass is 35.5. The zero-order chi connectivity index (χ0) is 16.3. The molecule has 1 amide bonds. The van der Waals surface area contributed by atoms with Crippen LogP contribution in [0.15, 0.2) is 24.3 Å². The summed E-state index contributed by atoms with van der Waals surface area (Å²) in [4.78, 5) is 22.8. The van der Waals surface area contributed by atoms with Gasteiger partial charge in [-0.1, -0.05) is 23.7 Å². The molecule has 0 spiro atoms. The minimum Gasteiger partial charge on any atom is -0.335 e. The maximum atomic E-state index is 12.2. The Bertz CT molecular complexity index is 615. The molecule has 22 heavy (non-hydrogen) atoms. The molecule has 1 fully saturated rings. The van der Waals surface area contributed by atoms with E-state index in [0.29, 0.717) is 10.6 Å². The maximum Gasteiger partial charge on any atom is 0.254 e. The van der Waals surface area contributed by atoms with Crippen molar-refractivity contribution in [1.29, 1.82) is 5.26 Å². The lowest BCUT2D eigenvalue weighted by atomic mass is 10.0. The molecular formula is C13H14ClN5O3. The summed E-state index contributed by atoms with van der Waals surface area (Å²) >= 11 is 5.78. The van der Waals surface area contributed by atoms with Gasteiger partial charge in [-0.05, 0) is 24.6 Å². The summed E-state index contributed by atoms with van der Waals surface area (Å²) in [5, 5.41) is 23.3. The van der Waals surface area contributed by atoms with Gasteiger partial charge in [0.2, 0.25) is 5.91 Å². The van der Waals surface area contributed by atoms with Crippen LogP contribution in [0.25, 0.3) is 0 Å². The van der Waals surface area contributed by atoms with E-state index in [0.717, 1.165) is 0 Å². The van der Waals surface area contributed by atoms with E-state index in [-0.39, 0.29) is 0 Å². The van der Waals surface area contributed by atoms with Crippen molar-refractivity contribution in [3.8, 4) is 6.07 Å². The quantitative estimate of drug-likeness (QED) is 0.549. The first-order valence-electron chi connectivity index (χ1n) is 6.54. The molecule has 4 atom stereocenters. The minimum atomic E-state index is -1.11. The van der Waals surface area contributed by atoms with Crippen LogP contribution in [0.4, 0.5) is 0 Å². The fraction of sp³-hybridized carbons (Fsp3) is 0.385. The summed E-state index contributed by atoms with van der Waals surface area (Å²) < 4.78 is 0. The predicted octanol–water partition coefficient (Wildman–Crippen LogP) is 0.531. The standard InChI is InChI=1S/C13H14ClN5O3/c1-7-12(19(21)22)11(18-17-7)13(20)16-10(6-15)8-2-4-9(14)5-3-8/h2-5,7,10-12,17-18H,1H3,(H,16,20). The highest BCUT2D eigenvalue weighted by Crippen LogP contribution is 2.17. The lowest BCUT2D eigenvalue weighted by Crippen LogP contribution is -2.50. The molecule has 0 bridgehead atoms. The Kier molecular flexibility index (Phi) is 4.92. The Labute approximate surface area is 131 Å². The molecule has 1 aromatic carbocycles. The van der Waals surface area contributed by atoms with E-state index in [2.05, 4.69) is 16.2 Å². The first-order chi connectivity index (χ1) is 10.4. The number of hydrogen-bond acceptors (Lipinski definition) is 6. The van der Waals surface area contributed by atoms with Crippen molar-refractivity contribution in [2.75, 3.05) is 0 Å². The smallest absolute Gasteiger partial charge is 0.254 e. The molecule has 4 unspecified atom stereocenters. The molecule has 0 aromatic heterocycles. The van der Waals surface area contributed by atoms with Crippen LogP contribution in [0.1, 0.15) is 18.5 Å². The SMILES string of the molecule is CC1NNC(C(=O)NC(C#N)c2ccc(Cl)cc2)C1[N+](=O)[O-]. The van der Waals surface area contributed by atoms with E-state index >= 15 is 0 Å². The van der Waals surface area contributed by atoms with Gasteiger partial charge in [-0.2, -0.15) is 5.26 Å². The van der Waals surface area contributed by atoms with E-state index < -0.39 is 35.0 Å². The van der Waals surface area contributed by atoms with Crippen LogP contribution in [0.3, 0.4) is 0 Å². The van der Waals surface area contributed by atoms with Gasteiger partial charge in [0.05, 0.1) is 12.1 Å². The first kappa shape index (κ1) is 16.2. The number of nitrogens with zero attached hydrogens (tertiary/aromatic N) is 2. The van der Waals surface area contributed by atoms with Crippen LogP contribution < -0.4 is 16.2 Å². The van der Waals surface area contributed by atoms with Crippen molar-refractivity contribution < 1.29 is 9.72 Å². The number of nitriles is 1. The van der Waals surface area contributed by atoms with Crippen molar-refractivity contribution in [2.24, 2.45) is 0 Å². The average molecular weight is 324 g/mol. The summed E-state index contributed by atoms with van der Waals surface area (Å²) in [6.07, 6.45) is 0. The molecule has 3 N–H and O–H groups in total. The summed E-state index contributed by atoms with van der Waals surface area (Å²) in [5.41, 5.74) is 5.81. The Hall–Kier alpha value is -2.21. The summed E-state index contributed by atoms with van der Waals surface area (Å²) in [6.45, 7) is 1.61. The fourth-order valence-corrected chi connectivity index (χ4v) is 2.41. The molecule has 0 saturated carbocycles. The van der Waals surface area contributed by atoms with Gasteiger partial charge < -0.3 is 5.32 Å². The number of carbonyl (C=O) groups is 1. The highest BCUT2D eigenvalue weighted by molar-refractivity contribution is 6.30. The van der Waals surface area contributed by atoms with E-state index in [9.17, 15) is 20.2 Å². The van der Waals surface area contributed by atoms with E-state index in [4.69, 9.17) is 11.6 Å². The Morgan fingerprint density at radius 2 is 2.09 bits per heavy atom. The molecule has 8 nitrogen and oxygen atoms in total. The van der Waals surface area contributed by atoms with Crippen molar-refractivity contribution >= 4 is 17.5 Å². The molecule has 1 aromatic rings. The van der Waals surface area contributed by atoms with Crippen LogP contribution >= 0.6 is 11.6 Å². The lowest BCUT2D eigenvalue weighted by Gasteiger charge is -2.17. The predicted molar refractivity (Wildman–Crippen MR) is 78.3 cm³/mol. The first-order valence-corrected chi connectivity index (χ1v) is 6.92. The number of halogens is 1. The fourth-order valence-electron chi connectivity index (χ4n) is 2.28. The largest absolute Gasteiger partial charge is 0.335 e. The van der Waals surface area contributed by atoms with E-state index in [1.165, 1.54) is 0 Å². The summed E-state index contributed by atoms with van der Waals surface area (Å²) in [5.74, 6) is -0.611. The second kappa shape index (κ2) is 6.70. The second-order valence-electron chi connectivity index (χ2n) is 4.95. The molecule has 9 heteroatoms. The number of nitro groups is 1. The number of hydrazine groups is 1. The number of nitrogens with one attached hydrogen (secondary N) is 3. The summed E-state index contributed by atoms with van der Waals surface area (Å²) in [7, 11) is 0. The molecule has 1 heterocycles. The Morgan fingerprint density at radius 1 is 1.45 bits per heavy atom. The number of amides is 1. The Morgan fingerprint density at radius 3 is 2.64 bits per heavy atom. The molecule has 1 saturated heterocycles. The third kappa shape index (κ3) is 3.33. The molecule has 2 rings (SSSR count). The van der Waals surface area contributed by atoms with Gasteiger partial charge >= 0.3 is 0 Å². The molecular weight excluding hydrogens is 310 g/mol. The minimum absolute atomic E-state index is 0.498. The highest BCUT2D eigenvalue weighted by Gasteiger charge is 2.46. The van der Waals surface area contributed by atoms with E-state index in [1.807, 2.05) is 6.07 Å². The van der Waals surface area contributed by atoms with Crippen LogP contribution in [0.2, 0.25) is 5.02 Å². The molecule has 116 valence electrons. The van der Waals surface area contributed by atoms with Crippen molar-refractivity contribution in [3.05, 3.63) is 45.0 Å². The normalized spacial score (nSPS) is 25.2. The lowest BCUT2D eigenvalue weighted by molar-refractivity contribution is -0.523. The zero-order valence-corrected chi connectivity index (χ0v) is 12.4. The van der Waals surface area contributed by atoms with Crippen molar-refractivity contribution in [3.63, 3.8) is 0 Å². The number of carbonyl (C=O) groups excluding carboxylic acids is 1. The van der Waals surface area contributed by atoms with Gasteiger partial charge in [-0.15, -0.1) is 0 Å². The molecule has 0 radical (unpaired) electrons. The van der Waals surface area contributed by atoms with Gasteiger partial charge in [-0.25, -0.2) is 10.9 Å². The second-order valence-corrected chi connectivity index (χ2v) is 5.39. The van der Waals surface area contributed by atoms with Gasteiger partial charge in [0.15, 0.2) is 6.04 Å². The van der Waals surface area contributed by atoms with Crippen molar-refractivity contribution in [1.82, 2.24) is 16.2 Å². The average Bonchev–Trinajstić information content (AvgIpc) is 2.87. The van der Waals surface area contributed by atoms with Crippen LogP contribution in [-0.2, 0) is 4.79 Å². The van der Waals surface area contributed by atoms with Crippen molar-refractivity contribution in [2.45, 2.75) is 31.1 Å². The van der Waals surface area contributed by atoms with Gasteiger partial charge in [-0.3, -0.25) is 14.9 Å². The van der Waals surface area contributed by atoms with E-state index in [1.54, 1.807) is 31.2 Å². The number of benzene rings is 1. The molecule has 0 aliphatic carbocycles. The monoisotopic (exact) mass is 323 g/mol.